The number of rotatable bonds is 9. The molecule has 14 aromatic rings. The molecule has 2 aliphatic heterocycles. The number of benzene rings is 11. The summed E-state index contributed by atoms with van der Waals surface area (Å²) in [5, 5.41) is 5.43. The Morgan fingerprint density at radius 3 is 1.04 bits per heavy atom. The lowest BCUT2D eigenvalue weighted by atomic mass is 9.34. The molecule has 0 atom stereocenters. The molecule has 18 rings (SSSR count). The Morgan fingerprint density at radius 1 is 0.326 bits per heavy atom. The molecule has 11 aromatic carbocycles. The summed E-state index contributed by atoms with van der Waals surface area (Å²) >= 11 is 0. The summed E-state index contributed by atoms with van der Waals surface area (Å²) in [5.74, 6) is 1.75. The maximum absolute atomic E-state index is 5.95. The molecule has 0 spiro atoms. The molecule has 0 saturated heterocycles. The fraction of sp³-hybridized carbons (Fsp3) is 0.222. The lowest BCUT2D eigenvalue weighted by molar-refractivity contribution is 0.444. The summed E-state index contributed by atoms with van der Waals surface area (Å²) < 4.78 is 5.39. The summed E-state index contributed by atoms with van der Waals surface area (Å²) in [7, 11) is 0. The van der Waals surface area contributed by atoms with Crippen molar-refractivity contribution in [1.82, 2.24) is 19.1 Å². The highest BCUT2D eigenvalue weighted by molar-refractivity contribution is 7.00. The van der Waals surface area contributed by atoms with Crippen molar-refractivity contribution in [3.05, 3.63) is 259 Å². The van der Waals surface area contributed by atoms with Gasteiger partial charge in [0.05, 0.1) is 22.4 Å². The first-order chi connectivity index (χ1) is 46.3. The van der Waals surface area contributed by atoms with Gasteiger partial charge in [0.2, 0.25) is 0 Å². The van der Waals surface area contributed by atoms with E-state index >= 15 is 0 Å². The van der Waals surface area contributed by atoms with E-state index in [1.54, 1.807) is 0 Å². The first kappa shape index (κ1) is 57.8. The van der Waals surface area contributed by atoms with Crippen molar-refractivity contribution in [2.24, 2.45) is 0 Å². The van der Waals surface area contributed by atoms with E-state index in [0.29, 0.717) is 17.7 Å². The van der Waals surface area contributed by atoms with E-state index in [0.717, 1.165) is 72.6 Å². The topological polar surface area (TPSA) is 35.6 Å². The van der Waals surface area contributed by atoms with Crippen molar-refractivity contribution in [3.8, 4) is 89.8 Å². The summed E-state index contributed by atoms with van der Waals surface area (Å²) in [6, 6.07) is 90.2. The predicted octanol–water partition coefficient (Wildman–Crippen LogP) is 22.2. The fourth-order valence-corrected chi connectivity index (χ4v) is 17.1. The van der Waals surface area contributed by atoms with Crippen LogP contribution in [0.5, 0.6) is 0 Å². The molecule has 5 heterocycles. The minimum absolute atomic E-state index is 0.0130. The average molecular weight is 1230 g/mol. The molecule has 0 amide bonds. The van der Waals surface area contributed by atoms with Crippen molar-refractivity contribution in [2.45, 2.75) is 128 Å². The van der Waals surface area contributed by atoms with Crippen LogP contribution in [-0.4, -0.2) is 25.8 Å². The summed E-state index contributed by atoms with van der Waals surface area (Å²) in [6.45, 7) is 14.2. The van der Waals surface area contributed by atoms with Crippen molar-refractivity contribution in [1.29, 1.82) is 0 Å². The highest BCUT2D eigenvalue weighted by Gasteiger charge is 2.43. The van der Waals surface area contributed by atoms with Crippen LogP contribution in [0.2, 0.25) is 0 Å². The molecule has 2 aliphatic carbocycles. The van der Waals surface area contributed by atoms with Gasteiger partial charge in [-0.15, -0.1) is 0 Å². The largest absolute Gasteiger partial charge is 0.310 e. The molecule has 0 N–H and O–H groups in total. The second-order valence-corrected chi connectivity index (χ2v) is 30.2. The lowest BCUT2D eigenvalue weighted by Gasteiger charge is -2.35. The van der Waals surface area contributed by atoms with Gasteiger partial charge in [-0.3, -0.25) is 0 Å². The Morgan fingerprint density at radius 2 is 0.684 bits per heavy atom. The van der Waals surface area contributed by atoms with Gasteiger partial charge in [0, 0.05) is 60.6 Å². The van der Waals surface area contributed by atoms with Crippen LogP contribution < -0.4 is 16.4 Å². The summed E-state index contributed by atoms with van der Waals surface area (Å²) in [5.41, 5.74) is 31.5. The van der Waals surface area contributed by atoms with Crippen molar-refractivity contribution >= 4 is 66.7 Å². The number of hydrogen-bond donors (Lipinski definition) is 0. The molecule has 4 aliphatic rings. The highest BCUT2D eigenvalue weighted by Crippen LogP contribution is 2.47. The number of fused-ring (bicyclic) bond motifs is 10. The molecule has 0 bridgehead atoms. The third kappa shape index (κ3) is 9.85. The van der Waals surface area contributed by atoms with Crippen LogP contribution in [0.4, 0.5) is 0 Å². The molecule has 0 unspecified atom stereocenters. The van der Waals surface area contributed by atoms with Gasteiger partial charge in [0.15, 0.2) is 5.82 Å². The Labute approximate surface area is 559 Å². The zero-order valence-electron chi connectivity index (χ0n) is 55.6. The fourth-order valence-electron chi connectivity index (χ4n) is 17.1. The van der Waals surface area contributed by atoms with Gasteiger partial charge in [0.1, 0.15) is 0 Å². The Kier molecular flexibility index (Phi) is 13.6. The normalized spacial score (nSPS) is 14.9. The predicted molar refractivity (Wildman–Crippen MR) is 402 cm³/mol. The van der Waals surface area contributed by atoms with E-state index in [-0.39, 0.29) is 17.5 Å². The SMILES string of the molecule is CC(C)(C)c1ccc2c(c1)c1cc(C3CCCCC3)cc3c1n2-c1cc(-c2nc(-c4cc(-c5ccccc5)cc(-c5ccccc5)c4)cc(-c4cc(-c5ccccc5)cc(-c5ccccc5)c4)n2)cc2c1B3c1cc(C3CCCCC3)cc3c4cc(C(C)(C)C)ccc4n-2c13. The highest BCUT2D eigenvalue weighted by atomic mass is 15.0. The van der Waals surface area contributed by atoms with E-state index in [9.17, 15) is 0 Å². The van der Waals surface area contributed by atoms with Gasteiger partial charge < -0.3 is 9.13 Å². The Hall–Kier alpha value is -9.84. The minimum atomic E-state index is -0.0378. The van der Waals surface area contributed by atoms with Gasteiger partial charge in [-0.1, -0.05) is 226 Å². The Bertz CT molecular complexity index is 4940. The molecule has 3 aromatic heterocycles. The Balaban J connectivity index is 0.972. The van der Waals surface area contributed by atoms with Gasteiger partial charge in [-0.2, -0.15) is 0 Å². The quantitative estimate of drug-likeness (QED) is 0.135. The van der Waals surface area contributed by atoms with Crippen LogP contribution in [0.3, 0.4) is 0 Å². The molecule has 5 heteroatoms. The molecule has 2 fully saturated rings. The van der Waals surface area contributed by atoms with Gasteiger partial charge >= 0.3 is 0 Å². The van der Waals surface area contributed by atoms with E-state index in [1.165, 1.54) is 158 Å². The number of hydrogen-bond acceptors (Lipinski definition) is 2. The molecular weight excluding hydrogens is 1150 g/mol. The zero-order chi connectivity index (χ0) is 63.8. The van der Waals surface area contributed by atoms with Gasteiger partial charge in [-0.05, 0) is 222 Å². The maximum atomic E-state index is 5.95. The third-order valence-electron chi connectivity index (χ3n) is 22.1. The zero-order valence-corrected chi connectivity index (χ0v) is 55.6. The van der Waals surface area contributed by atoms with E-state index in [2.05, 4.69) is 287 Å². The van der Waals surface area contributed by atoms with Gasteiger partial charge in [0.25, 0.3) is 6.71 Å². The molecular formula is C90H79BN4. The number of nitrogens with zero attached hydrogens (tertiary/aromatic N) is 4. The van der Waals surface area contributed by atoms with Crippen LogP contribution in [-0.2, 0) is 10.8 Å². The second-order valence-electron chi connectivity index (χ2n) is 30.2. The summed E-state index contributed by atoms with van der Waals surface area (Å²) in [4.78, 5) is 11.9. The standard InChI is InChI=1S/C90H79BN4/c1-89(2,3)71-37-39-81-73(53-71)75-47-66(60-33-21-11-22-34-60)49-77-86(75)94(81)83-51-70(52-84-85(83)91(77)78-50-67(61-35-23-12-24-36-61)48-76-74-54-72(90(4,5)6)38-40-82(74)95(84)87(76)78)88-92-79(68-43-62(56-25-13-7-14-26-56)41-63(44-68)57-27-15-8-16-28-57)55-80(93-88)69-45-64(58-29-17-9-18-30-58)42-65(46-69)59-31-19-10-20-32-59/h7-10,13-20,25-32,37-55,60-61H,11-12,21-24,33-36H2,1-6H3. The number of aromatic nitrogens is 4. The first-order valence-corrected chi connectivity index (χ1v) is 35.2. The molecule has 2 saturated carbocycles. The van der Waals surface area contributed by atoms with Crippen LogP contribution in [0.15, 0.2) is 237 Å². The second kappa shape index (κ2) is 22.4. The van der Waals surface area contributed by atoms with Crippen molar-refractivity contribution in [3.63, 3.8) is 0 Å². The van der Waals surface area contributed by atoms with E-state index in [1.807, 2.05) is 0 Å². The smallest absolute Gasteiger partial charge is 0.252 e. The first-order valence-electron chi connectivity index (χ1n) is 35.2. The lowest BCUT2D eigenvalue weighted by Crippen LogP contribution is -2.59. The summed E-state index contributed by atoms with van der Waals surface area (Å²) in [6.07, 6.45) is 12.8. The monoisotopic (exact) mass is 1230 g/mol. The molecule has 95 heavy (non-hydrogen) atoms. The maximum Gasteiger partial charge on any atom is 0.252 e. The van der Waals surface area contributed by atoms with Crippen LogP contribution in [0.25, 0.3) is 133 Å². The molecule has 4 nitrogen and oxygen atoms in total. The van der Waals surface area contributed by atoms with Crippen molar-refractivity contribution in [2.75, 3.05) is 0 Å². The third-order valence-corrected chi connectivity index (χ3v) is 22.1. The van der Waals surface area contributed by atoms with E-state index in [4.69, 9.17) is 9.97 Å². The average Bonchev–Trinajstić information content (AvgIpc) is 1.56. The van der Waals surface area contributed by atoms with Crippen LogP contribution >= 0.6 is 0 Å². The van der Waals surface area contributed by atoms with Crippen molar-refractivity contribution < 1.29 is 0 Å². The molecule has 0 radical (unpaired) electrons. The van der Waals surface area contributed by atoms with Gasteiger partial charge in [-0.25, -0.2) is 9.97 Å². The van der Waals surface area contributed by atoms with Crippen LogP contribution in [0.1, 0.15) is 140 Å². The van der Waals surface area contributed by atoms with Crippen LogP contribution in [0, 0.1) is 0 Å². The van der Waals surface area contributed by atoms with E-state index < -0.39 is 0 Å². The molecule has 462 valence electrons. The minimum Gasteiger partial charge on any atom is -0.310 e.